The fourth-order valence-corrected chi connectivity index (χ4v) is 2.68. The molecule has 0 radical (unpaired) electrons. The zero-order valence-corrected chi connectivity index (χ0v) is 13.2. The van der Waals surface area contributed by atoms with Crippen molar-refractivity contribution in [2.45, 2.75) is 26.3 Å². The van der Waals surface area contributed by atoms with E-state index in [-0.39, 0.29) is 5.92 Å². The lowest BCUT2D eigenvalue weighted by Gasteiger charge is -2.33. The van der Waals surface area contributed by atoms with Crippen molar-refractivity contribution >= 4 is 24.5 Å². The molecule has 1 aliphatic rings. The van der Waals surface area contributed by atoms with E-state index in [1.54, 1.807) is 62.6 Å². The maximum absolute atomic E-state index is 15.7. The second kappa shape index (κ2) is 5.17. The van der Waals surface area contributed by atoms with Crippen LogP contribution in [0.15, 0.2) is 30.3 Å². The van der Waals surface area contributed by atoms with Crippen LogP contribution < -0.4 is 5.46 Å². The molecule has 0 spiro atoms. The molecule has 0 aromatic heterocycles. The summed E-state index contributed by atoms with van der Waals surface area (Å²) in [5, 5.41) is 0. The molecular formula is C15H22BFN2O2. The smallest absolute Gasteiger partial charge is 0.568 e. The first-order valence-electron chi connectivity index (χ1n) is 7.15. The van der Waals surface area contributed by atoms with Gasteiger partial charge in [-0.05, 0) is 6.92 Å². The minimum absolute atomic E-state index is 0.0931. The molecule has 2 atom stereocenters. The molecule has 1 aromatic rings. The van der Waals surface area contributed by atoms with Gasteiger partial charge in [0.05, 0.1) is 14.1 Å². The van der Waals surface area contributed by atoms with Crippen molar-refractivity contribution in [2.24, 2.45) is 5.92 Å². The van der Waals surface area contributed by atoms with E-state index in [4.69, 9.17) is 4.65 Å². The molecular weight excluding hydrogens is 270 g/mol. The summed E-state index contributed by atoms with van der Waals surface area (Å²) in [6, 6.07) is 8.59. The highest BCUT2D eigenvalue weighted by molar-refractivity contribution is 6.76. The van der Waals surface area contributed by atoms with Crippen LogP contribution >= 0.6 is 0 Å². The van der Waals surface area contributed by atoms with Crippen molar-refractivity contribution < 1.29 is 18.3 Å². The molecule has 1 aliphatic heterocycles. The van der Waals surface area contributed by atoms with Gasteiger partial charge < -0.3 is 13.5 Å². The fourth-order valence-electron chi connectivity index (χ4n) is 2.68. The predicted octanol–water partition coefficient (Wildman–Crippen LogP) is 1.38. The van der Waals surface area contributed by atoms with Crippen LogP contribution in [0, 0.1) is 5.92 Å². The van der Waals surface area contributed by atoms with Crippen LogP contribution in [0.2, 0.25) is 0 Å². The van der Waals surface area contributed by atoms with Gasteiger partial charge in [0.1, 0.15) is 0 Å². The normalized spacial score (nSPS) is 30.8. The average Bonchev–Trinajstić information content (AvgIpc) is 2.62. The van der Waals surface area contributed by atoms with Gasteiger partial charge >= 0.3 is 12.7 Å². The van der Waals surface area contributed by atoms with Crippen molar-refractivity contribution in [3.63, 3.8) is 0 Å². The van der Waals surface area contributed by atoms with Crippen LogP contribution in [0.5, 0.6) is 0 Å². The number of hydrogen-bond donors (Lipinski definition) is 0. The second-order valence-electron chi connectivity index (χ2n) is 6.25. The van der Waals surface area contributed by atoms with Crippen LogP contribution in [-0.2, 0) is 9.45 Å². The first-order chi connectivity index (χ1) is 9.72. The lowest BCUT2D eigenvalue weighted by Crippen LogP contribution is -2.59. The molecule has 1 fully saturated rings. The van der Waals surface area contributed by atoms with Gasteiger partial charge in [0.25, 0.3) is 0 Å². The van der Waals surface area contributed by atoms with E-state index in [0.717, 1.165) is 0 Å². The van der Waals surface area contributed by atoms with E-state index < -0.39 is 18.3 Å². The lowest BCUT2D eigenvalue weighted by molar-refractivity contribution is -0.485. The zero-order chi connectivity index (χ0) is 15.8. The topological polar surface area (TPSA) is 32.6 Å². The molecule has 0 bridgehead atoms. The Balaban J connectivity index is 2.65. The molecule has 1 unspecified atom stereocenters. The van der Waals surface area contributed by atoms with Crippen LogP contribution in [-0.4, -0.2) is 48.1 Å². The van der Waals surface area contributed by atoms with Gasteiger partial charge in [0.15, 0.2) is 11.9 Å². The number of carbonyl (C=O) groups is 1. The summed E-state index contributed by atoms with van der Waals surface area (Å²) in [6.07, 6.45) is 1.61. The van der Waals surface area contributed by atoms with Crippen LogP contribution in [0.1, 0.15) is 20.8 Å². The minimum Gasteiger partial charge on any atom is -0.619 e. The molecule has 1 aromatic carbocycles. The Labute approximate surface area is 125 Å². The van der Waals surface area contributed by atoms with Crippen molar-refractivity contribution in [1.29, 1.82) is 0 Å². The van der Waals surface area contributed by atoms with Gasteiger partial charge in [-0.1, -0.05) is 49.6 Å². The van der Waals surface area contributed by atoms with Gasteiger partial charge in [-0.25, -0.2) is 0 Å². The molecule has 1 saturated heterocycles. The summed E-state index contributed by atoms with van der Waals surface area (Å²) in [4.78, 5) is 14.1. The van der Waals surface area contributed by atoms with Gasteiger partial charge in [0, 0.05) is 5.92 Å². The van der Waals surface area contributed by atoms with Crippen molar-refractivity contribution in [1.82, 2.24) is 4.90 Å². The number of benzene rings is 1. The van der Waals surface area contributed by atoms with Crippen LogP contribution in [0.4, 0.5) is 4.32 Å². The minimum atomic E-state index is -3.07. The monoisotopic (exact) mass is 292 g/mol. The first-order valence-corrected chi connectivity index (χ1v) is 7.15. The largest absolute Gasteiger partial charge is 0.619 e. The lowest BCUT2D eigenvalue weighted by atomic mass is 9.65. The highest BCUT2D eigenvalue weighted by Crippen LogP contribution is 2.35. The first kappa shape index (κ1) is 15.5. The fraction of sp³-hybridized carbons (Fsp3) is 0.467. The van der Waals surface area contributed by atoms with E-state index in [1.165, 1.54) is 4.49 Å². The Kier molecular flexibility index (Phi) is 3.82. The van der Waals surface area contributed by atoms with E-state index in [0.29, 0.717) is 5.46 Å². The van der Waals surface area contributed by atoms with E-state index in [9.17, 15) is 4.79 Å². The molecule has 21 heavy (non-hydrogen) atoms. The molecule has 0 N–H and O–H groups in total. The second-order valence-corrected chi connectivity index (χ2v) is 6.25. The summed E-state index contributed by atoms with van der Waals surface area (Å²) in [7, 11) is 3.59. The van der Waals surface area contributed by atoms with E-state index in [1.807, 2.05) is 13.8 Å². The molecule has 0 amide bonds. The Morgan fingerprint density at radius 3 is 2.38 bits per heavy atom. The number of carbonyl (C=O) groups excluding carboxylic acids is 1. The van der Waals surface area contributed by atoms with E-state index >= 15 is 4.32 Å². The summed E-state index contributed by atoms with van der Waals surface area (Å²) in [6.45, 7) is 2.44. The number of hydrogen-bond acceptors (Lipinski definition) is 2. The molecule has 0 saturated carbocycles. The number of nitrogens with zero attached hydrogens (tertiary/aromatic N) is 2. The average molecular weight is 292 g/mol. The van der Waals surface area contributed by atoms with Gasteiger partial charge in [-0.3, -0.25) is 9.69 Å². The molecule has 2 rings (SSSR count). The standard InChI is InChI=1S/C15H22BFN2O2/c1-12(2)15(3)14(20)21-16(17,19(15)11-18(4)5)13-9-7-6-8-10-13/h6-12H,1-5H3/b19-11+/t15-,16?/m0/s1. The third kappa shape index (κ3) is 2.32. The highest BCUT2D eigenvalue weighted by Gasteiger charge is 2.61. The molecule has 1 heterocycles. The molecule has 114 valence electrons. The zero-order valence-electron chi connectivity index (χ0n) is 13.2. The quantitative estimate of drug-likeness (QED) is 0.623. The Bertz CT molecular complexity index is 576. The van der Waals surface area contributed by atoms with Gasteiger partial charge in [-0.15, -0.1) is 0 Å². The summed E-state index contributed by atoms with van der Waals surface area (Å²) in [5.41, 5.74) is -0.664. The molecule has 6 heteroatoms. The van der Waals surface area contributed by atoms with Gasteiger partial charge in [0.2, 0.25) is 0 Å². The van der Waals surface area contributed by atoms with E-state index in [2.05, 4.69) is 0 Å². The summed E-state index contributed by atoms with van der Waals surface area (Å²) < 4.78 is 22.4. The number of rotatable bonds is 3. The molecule has 0 aliphatic carbocycles. The summed E-state index contributed by atoms with van der Waals surface area (Å²) >= 11 is 0. The SMILES string of the molecule is CC(C)[C@@]1(C)C(=O)O[B-](F)(c2ccccc2)/[N+]1=C/N(C)C. The van der Waals surface area contributed by atoms with Crippen molar-refractivity contribution in [2.75, 3.05) is 14.1 Å². The number of halogens is 1. The maximum Gasteiger partial charge on any atom is 0.568 e. The highest BCUT2D eigenvalue weighted by atomic mass is 19.1. The van der Waals surface area contributed by atoms with Crippen LogP contribution in [0.25, 0.3) is 0 Å². The van der Waals surface area contributed by atoms with Crippen molar-refractivity contribution in [3.8, 4) is 0 Å². The predicted molar refractivity (Wildman–Crippen MR) is 82.3 cm³/mol. The summed E-state index contributed by atoms with van der Waals surface area (Å²) in [5.74, 6) is -0.619. The van der Waals surface area contributed by atoms with Crippen molar-refractivity contribution in [3.05, 3.63) is 30.3 Å². The third-order valence-corrected chi connectivity index (χ3v) is 4.26. The third-order valence-electron chi connectivity index (χ3n) is 4.26. The van der Waals surface area contributed by atoms with Crippen LogP contribution in [0.3, 0.4) is 0 Å². The maximum atomic E-state index is 15.7. The Morgan fingerprint density at radius 1 is 1.33 bits per heavy atom. The molecule has 4 nitrogen and oxygen atoms in total. The Hall–Kier alpha value is -1.85. The Morgan fingerprint density at radius 2 is 1.90 bits per heavy atom. The van der Waals surface area contributed by atoms with Gasteiger partial charge in [-0.2, -0.15) is 0 Å².